The van der Waals surface area contributed by atoms with Gasteiger partial charge >= 0.3 is 0 Å². The van der Waals surface area contributed by atoms with Gasteiger partial charge in [-0.15, -0.1) is 68.0 Å². The van der Waals surface area contributed by atoms with E-state index in [4.69, 9.17) is 0 Å². The molecule has 0 saturated carbocycles. The van der Waals surface area contributed by atoms with E-state index in [9.17, 15) is 19.8 Å². The molecule has 10 aromatic rings. The number of benzene rings is 4. The number of amides is 1. The molecule has 0 atom stereocenters. The van der Waals surface area contributed by atoms with Crippen molar-refractivity contribution in [2.75, 3.05) is 56.2 Å². The Kier molecular flexibility index (Phi) is 16.6. The number of hydrogen-bond donors (Lipinski definition) is 2. The fourth-order valence-electron chi connectivity index (χ4n) is 8.56. The smallest absolute Gasteiger partial charge is 0.277 e. The van der Waals surface area contributed by atoms with Crippen LogP contribution >= 0.6 is 84.0 Å². The summed E-state index contributed by atoms with van der Waals surface area (Å²) in [6, 6.07) is 35.7. The molecule has 0 bridgehead atoms. The minimum atomic E-state index is -0.0823. The quantitative estimate of drug-likeness (QED) is 0.0568. The molecule has 360 valence electrons. The summed E-state index contributed by atoms with van der Waals surface area (Å²) in [7, 11) is 1.77. The van der Waals surface area contributed by atoms with Crippen LogP contribution in [0, 0.1) is 0 Å². The van der Waals surface area contributed by atoms with Gasteiger partial charge in [0.1, 0.15) is 11.5 Å². The van der Waals surface area contributed by atoms with Crippen molar-refractivity contribution in [3.8, 4) is 0 Å². The summed E-state index contributed by atoms with van der Waals surface area (Å²) < 4.78 is 12.7. The predicted molar refractivity (Wildman–Crippen MR) is 311 cm³/mol. The number of unbranched alkanes of at least 4 members (excludes halogenated alkanes) is 3. The van der Waals surface area contributed by atoms with E-state index >= 15 is 0 Å². The number of aliphatic imine (C=N–C) groups is 1. The second-order valence-electron chi connectivity index (χ2n) is 16.9. The fourth-order valence-corrected chi connectivity index (χ4v) is 16.3. The minimum absolute atomic E-state index is 0.0823. The third kappa shape index (κ3) is 11.0. The topological polar surface area (TPSA) is 96.7 Å². The molecule has 1 aliphatic rings. The average Bonchev–Trinajstić information content (AvgIpc) is 4.25. The number of carbonyl (C=O) groups is 2. The summed E-state index contributed by atoms with van der Waals surface area (Å²) >= 11 is 14.0. The third-order valence-corrected chi connectivity index (χ3v) is 19.5. The van der Waals surface area contributed by atoms with E-state index in [1.165, 1.54) is 77.0 Å². The number of rotatable bonds is 16. The molecular weight excluding hydrogens is 1050 g/mol. The van der Waals surface area contributed by atoms with Crippen LogP contribution in [0.3, 0.4) is 0 Å². The molecule has 0 radical (unpaired) electrons. The van der Waals surface area contributed by atoms with Crippen molar-refractivity contribution in [1.29, 1.82) is 0 Å². The molecule has 6 aromatic heterocycles. The lowest BCUT2D eigenvalue weighted by Gasteiger charge is -2.24. The first-order chi connectivity index (χ1) is 34.2. The van der Waals surface area contributed by atoms with Crippen molar-refractivity contribution >= 4 is 178 Å². The molecule has 15 heteroatoms. The van der Waals surface area contributed by atoms with Crippen molar-refractivity contribution in [2.45, 2.75) is 46.0 Å². The van der Waals surface area contributed by atoms with Gasteiger partial charge in [0.05, 0.1) is 32.2 Å². The van der Waals surface area contributed by atoms with Crippen LogP contribution in [-0.2, 0) is 4.79 Å². The number of fused-ring (bicyclic) bond motifs is 9. The highest BCUT2D eigenvalue weighted by atomic mass is 79.9. The molecule has 0 fully saturated rings. The Morgan fingerprint density at radius 1 is 0.614 bits per heavy atom. The summed E-state index contributed by atoms with van der Waals surface area (Å²) in [4.78, 5) is 36.4. The number of likely N-dealkylation sites (N-methyl/N-ethyl adjacent to an activating group) is 1. The van der Waals surface area contributed by atoms with Crippen LogP contribution < -0.4 is 9.80 Å². The molecule has 1 aliphatic heterocycles. The maximum Gasteiger partial charge on any atom is 0.277 e. The van der Waals surface area contributed by atoms with Crippen molar-refractivity contribution in [3.63, 3.8) is 0 Å². The van der Waals surface area contributed by atoms with Crippen molar-refractivity contribution in [3.05, 3.63) is 134 Å². The number of thiophene rings is 6. The zero-order valence-corrected chi connectivity index (χ0v) is 45.6. The summed E-state index contributed by atoms with van der Waals surface area (Å²) in [5.41, 5.74) is 3.74. The maximum atomic E-state index is 12.8. The van der Waals surface area contributed by atoms with Gasteiger partial charge in [0.15, 0.2) is 6.29 Å². The van der Waals surface area contributed by atoms with Gasteiger partial charge in [-0.25, -0.2) is 4.99 Å². The Morgan fingerprint density at radius 2 is 1.19 bits per heavy atom. The van der Waals surface area contributed by atoms with Gasteiger partial charge in [0, 0.05) is 104 Å². The number of carbonyl (C=O) groups excluding carboxylic acids is 2. The number of nitrogens with zero attached hydrogens (tertiary/aromatic N) is 4. The zero-order valence-electron chi connectivity index (χ0n) is 39.2. The Balaban J connectivity index is 0.000000144. The van der Waals surface area contributed by atoms with Crippen LogP contribution in [0.2, 0.25) is 0 Å². The average molecular weight is 1110 g/mol. The molecule has 2 N–H and O–H groups in total. The van der Waals surface area contributed by atoms with E-state index in [1.54, 1.807) is 57.3 Å². The third-order valence-electron chi connectivity index (χ3n) is 12.1. The highest BCUT2D eigenvalue weighted by Crippen LogP contribution is 2.43. The fraction of sp³-hybridized carbons (Fsp3) is 0.255. The number of amidine groups is 1. The summed E-state index contributed by atoms with van der Waals surface area (Å²) in [6.45, 7) is 7.97. The molecule has 0 unspecified atom stereocenters. The van der Waals surface area contributed by atoms with Crippen LogP contribution in [0.25, 0.3) is 64.5 Å². The normalized spacial score (nSPS) is 13.2. The molecule has 70 heavy (non-hydrogen) atoms. The first kappa shape index (κ1) is 50.1. The predicted octanol–water partition coefficient (Wildman–Crippen LogP) is 15.8. The van der Waals surface area contributed by atoms with Gasteiger partial charge in [0.2, 0.25) is 0 Å². The van der Waals surface area contributed by atoms with Crippen molar-refractivity contribution in [2.24, 2.45) is 4.99 Å². The highest BCUT2D eigenvalue weighted by molar-refractivity contribution is 9.10. The van der Waals surface area contributed by atoms with Gasteiger partial charge in [-0.3, -0.25) is 14.5 Å². The van der Waals surface area contributed by atoms with Gasteiger partial charge < -0.3 is 20.0 Å². The lowest BCUT2D eigenvalue weighted by molar-refractivity contribution is -0.121. The maximum absolute atomic E-state index is 12.8. The molecule has 7 heterocycles. The zero-order chi connectivity index (χ0) is 48.7. The molecule has 1 amide bonds. The first-order valence-corrected chi connectivity index (χ1v) is 29.2. The second-order valence-corrected chi connectivity index (χ2v) is 24.2. The molecular formula is C55H53BrN4O4S6. The van der Waals surface area contributed by atoms with Gasteiger partial charge in [0.25, 0.3) is 5.91 Å². The largest absolute Gasteiger partial charge is 0.395 e. The minimum Gasteiger partial charge on any atom is -0.395 e. The Hall–Kier alpha value is -4.81. The van der Waals surface area contributed by atoms with Gasteiger partial charge in [-0.1, -0.05) is 97.6 Å². The van der Waals surface area contributed by atoms with E-state index in [0.29, 0.717) is 24.6 Å². The van der Waals surface area contributed by atoms with E-state index in [0.717, 1.165) is 64.1 Å². The summed E-state index contributed by atoms with van der Waals surface area (Å²) in [6.07, 6.45) is 8.63. The van der Waals surface area contributed by atoms with E-state index in [1.807, 2.05) is 65.1 Å². The van der Waals surface area contributed by atoms with E-state index in [-0.39, 0.29) is 19.1 Å². The first-order valence-electron chi connectivity index (χ1n) is 23.5. The van der Waals surface area contributed by atoms with Gasteiger partial charge in [-0.05, 0) is 78.9 Å². The number of aldehydes is 1. The Bertz CT molecular complexity index is 3490. The lowest BCUT2D eigenvalue weighted by Crippen LogP contribution is -2.28. The van der Waals surface area contributed by atoms with E-state index in [2.05, 4.69) is 117 Å². The summed E-state index contributed by atoms with van der Waals surface area (Å²) in [5.74, 6) is 0.602. The number of hydrogen-bond acceptors (Lipinski definition) is 13. The van der Waals surface area contributed by atoms with Crippen LogP contribution in [0.4, 0.5) is 11.4 Å². The SMILES string of the molecule is Brc1ccc2c(c1)sc1ccsc12.CCCCCN(CCO)c1ccc2c(c1)sc1cc(C=O)sc12.CCCCN(CCO)c1ccc2c(c1)sc1cc(/C=C3/N=C(c4ccccc4)N(C)C3=O)sc12. The number of anilines is 2. The summed E-state index contributed by atoms with van der Waals surface area (Å²) in [5, 5.41) is 24.8. The van der Waals surface area contributed by atoms with Crippen LogP contribution in [0.15, 0.2) is 124 Å². The monoisotopic (exact) mass is 1100 g/mol. The number of halogens is 1. The van der Waals surface area contributed by atoms with Crippen molar-refractivity contribution in [1.82, 2.24) is 4.90 Å². The molecule has 11 rings (SSSR count). The molecule has 4 aromatic carbocycles. The second kappa shape index (κ2) is 23.2. The van der Waals surface area contributed by atoms with Crippen LogP contribution in [0.1, 0.15) is 66.1 Å². The van der Waals surface area contributed by atoms with E-state index < -0.39 is 0 Å². The molecule has 0 spiro atoms. The number of aliphatic hydroxyl groups excluding tert-OH is 2. The standard InChI is InChI=1S/C27H27N3O2S2.C18H21NO2S2.C10H5BrS2/c1-3-4-12-30(13-14-31)19-10-11-21-23(15-19)34-24-17-20(33-25(21)24)16-22-27(32)29(2)26(28-22)18-8-6-5-7-9-18;1-2-3-4-7-19(8-9-20)13-5-6-15-16(10-13)23-17-11-14(12-21)22-18(15)17;11-6-1-2-7-9(5-6)13-8-3-4-12-10(7)8/h5-11,15-17,31H,3-4,12-14H2,1-2H3;5-6,10-12,20H,2-4,7-9H2,1H3;1-5H/b22-16+;;. The Morgan fingerprint density at radius 3 is 1.81 bits per heavy atom. The highest BCUT2D eigenvalue weighted by Gasteiger charge is 2.28. The lowest BCUT2D eigenvalue weighted by atomic mass is 10.2. The molecule has 0 saturated heterocycles. The van der Waals surface area contributed by atoms with Gasteiger partial charge in [-0.2, -0.15) is 0 Å². The molecule has 8 nitrogen and oxygen atoms in total. The van der Waals surface area contributed by atoms with Crippen LogP contribution in [-0.4, -0.2) is 79.6 Å². The van der Waals surface area contributed by atoms with Crippen LogP contribution in [0.5, 0.6) is 0 Å². The number of aliphatic hydroxyl groups is 2. The molecule has 0 aliphatic carbocycles. The Labute approximate surface area is 440 Å². The van der Waals surface area contributed by atoms with Crippen molar-refractivity contribution < 1.29 is 19.8 Å².